The van der Waals surface area contributed by atoms with E-state index >= 15 is 0 Å². The van der Waals surface area contributed by atoms with Crippen molar-refractivity contribution in [3.8, 4) is 0 Å². The average molecular weight is 236 g/mol. The first-order chi connectivity index (χ1) is 7.76. The van der Waals surface area contributed by atoms with Gasteiger partial charge in [-0.15, -0.1) is 11.3 Å². The SMILES string of the molecule is CN1CC[C@@]2(CCN(Cc3cccs3)C2)C1. The smallest absolute Gasteiger partial charge is 0.0328 e. The monoisotopic (exact) mass is 236 g/mol. The Morgan fingerprint density at radius 2 is 2.19 bits per heavy atom. The molecule has 3 heterocycles. The van der Waals surface area contributed by atoms with E-state index < -0.39 is 0 Å². The van der Waals surface area contributed by atoms with E-state index in [1.807, 2.05) is 11.3 Å². The quantitative estimate of drug-likeness (QED) is 0.777. The summed E-state index contributed by atoms with van der Waals surface area (Å²) in [7, 11) is 2.26. The molecule has 0 N–H and O–H groups in total. The predicted molar refractivity (Wildman–Crippen MR) is 68.8 cm³/mol. The molecule has 88 valence electrons. The van der Waals surface area contributed by atoms with Gasteiger partial charge < -0.3 is 4.90 Å². The molecule has 2 fully saturated rings. The topological polar surface area (TPSA) is 6.48 Å². The molecule has 0 unspecified atom stereocenters. The highest BCUT2D eigenvalue weighted by atomic mass is 32.1. The number of thiophene rings is 1. The molecule has 0 saturated carbocycles. The molecule has 1 atom stereocenters. The first-order valence-electron chi connectivity index (χ1n) is 6.19. The summed E-state index contributed by atoms with van der Waals surface area (Å²) in [5, 5.41) is 2.19. The van der Waals surface area contributed by atoms with E-state index in [1.165, 1.54) is 50.4 Å². The minimum atomic E-state index is 0.631. The molecule has 0 radical (unpaired) electrons. The fourth-order valence-electron chi connectivity index (χ4n) is 3.28. The number of hydrogen-bond acceptors (Lipinski definition) is 3. The molecule has 3 rings (SSSR count). The Balaban J connectivity index is 1.61. The second kappa shape index (κ2) is 4.13. The van der Waals surface area contributed by atoms with Crippen molar-refractivity contribution in [2.75, 3.05) is 33.2 Å². The van der Waals surface area contributed by atoms with E-state index in [1.54, 1.807) is 0 Å². The van der Waals surface area contributed by atoms with Gasteiger partial charge in [-0.1, -0.05) is 6.07 Å². The lowest BCUT2D eigenvalue weighted by Crippen LogP contribution is -2.29. The Morgan fingerprint density at radius 1 is 1.31 bits per heavy atom. The van der Waals surface area contributed by atoms with Crippen LogP contribution in [-0.4, -0.2) is 43.0 Å². The summed E-state index contributed by atoms with van der Waals surface area (Å²) in [6, 6.07) is 4.42. The third-order valence-electron chi connectivity index (χ3n) is 4.11. The van der Waals surface area contributed by atoms with E-state index in [2.05, 4.69) is 34.4 Å². The van der Waals surface area contributed by atoms with Crippen LogP contribution in [0.15, 0.2) is 17.5 Å². The van der Waals surface area contributed by atoms with E-state index in [-0.39, 0.29) is 0 Å². The molecule has 2 saturated heterocycles. The van der Waals surface area contributed by atoms with Gasteiger partial charge in [0.05, 0.1) is 0 Å². The second-order valence-electron chi connectivity index (χ2n) is 5.53. The van der Waals surface area contributed by atoms with Gasteiger partial charge in [-0.25, -0.2) is 0 Å². The van der Waals surface area contributed by atoms with Gasteiger partial charge in [0, 0.05) is 24.5 Å². The summed E-state index contributed by atoms with van der Waals surface area (Å²) in [5.41, 5.74) is 0.631. The first-order valence-corrected chi connectivity index (χ1v) is 7.07. The molecule has 2 aliphatic rings. The standard InChI is InChI=1S/C13H20N2S/c1-14-6-4-13(10-14)5-7-15(11-13)9-12-3-2-8-16-12/h2-3,8H,4-7,9-11H2,1H3/t13-/m1/s1. The van der Waals surface area contributed by atoms with E-state index in [0.29, 0.717) is 5.41 Å². The lowest BCUT2D eigenvalue weighted by Gasteiger charge is -2.23. The lowest BCUT2D eigenvalue weighted by molar-refractivity contribution is 0.252. The van der Waals surface area contributed by atoms with Crippen molar-refractivity contribution in [3.63, 3.8) is 0 Å². The van der Waals surface area contributed by atoms with Crippen LogP contribution in [0.3, 0.4) is 0 Å². The van der Waals surface area contributed by atoms with Crippen molar-refractivity contribution < 1.29 is 0 Å². The van der Waals surface area contributed by atoms with Gasteiger partial charge in [-0.05, 0) is 49.8 Å². The molecule has 1 aromatic heterocycles. The third-order valence-corrected chi connectivity index (χ3v) is 4.97. The maximum atomic E-state index is 2.64. The van der Waals surface area contributed by atoms with Crippen molar-refractivity contribution in [2.24, 2.45) is 5.41 Å². The molecule has 2 aliphatic heterocycles. The fraction of sp³-hybridized carbons (Fsp3) is 0.692. The van der Waals surface area contributed by atoms with Crippen LogP contribution in [0, 0.1) is 5.41 Å². The maximum Gasteiger partial charge on any atom is 0.0328 e. The Morgan fingerprint density at radius 3 is 2.88 bits per heavy atom. The normalized spacial score (nSPS) is 31.8. The Hall–Kier alpha value is -0.380. The van der Waals surface area contributed by atoms with Crippen LogP contribution in [-0.2, 0) is 6.54 Å². The van der Waals surface area contributed by atoms with E-state index in [9.17, 15) is 0 Å². The highest BCUT2D eigenvalue weighted by Crippen LogP contribution is 2.39. The zero-order chi connectivity index (χ0) is 11.0. The lowest BCUT2D eigenvalue weighted by atomic mass is 9.86. The van der Waals surface area contributed by atoms with Gasteiger partial charge in [0.15, 0.2) is 0 Å². The van der Waals surface area contributed by atoms with Crippen LogP contribution in [0.2, 0.25) is 0 Å². The van der Waals surface area contributed by atoms with Gasteiger partial charge in [0.1, 0.15) is 0 Å². The molecular weight excluding hydrogens is 216 g/mol. The molecule has 16 heavy (non-hydrogen) atoms. The van der Waals surface area contributed by atoms with Gasteiger partial charge in [-0.2, -0.15) is 0 Å². The zero-order valence-corrected chi connectivity index (χ0v) is 10.8. The molecule has 2 nitrogen and oxygen atoms in total. The maximum absolute atomic E-state index is 2.64. The fourth-order valence-corrected chi connectivity index (χ4v) is 4.02. The molecular formula is C13H20N2S. The predicted octanol–water partition coefficient (Wildman–Crippen LogP) is 2.28. The number of hydrogen-bond donors (Lipinski definition) is 0. The second-order valence-corrected chi connectivity index (χ2v) is 6.56. The molecule has 0 bridgehead atoms. The average Bonchev–Trinajstić information content (AvgIpc) is 2.93. The summed E-state index contributed by atoms with van der Waals surface area (Å²) >= 11 is 1.89. The van der Waals surface area contributed by atoms with Crippen molar-refractivity contribution >= 4 is 11.3 Å². The van der Waals surface area contributed by atoms with Crippen molar-refractivity contribution in [1.82, 2.24) is 9.80 Å². The third kappa shape index (κ3) is 2.04. The summed E-state index contributed by atoms with van der Waals surface area (Å²) < 4.78 is 0. The van der Waals surface area contributed by atoms with Gasteiger partial charge in [0.2, 0.25) is 0 Å². The van der Waals surface area contributed by atoms with E-state index in [4.69, 9.17) is 0 Å². The zero-order valence-electron chi connectivity index (χ0n) is 9.98. The summed E-state index contributed by atoms with van der Waals surface area (Å²) in [5.74, 6) is 0. The molecule has 0 aromatic carbocycles. The van der Waals surface area contributed by atoms with Gasteiger partial charge in [-0.3, -0.25) is 4.90 Å². The molecule has 1 spiro atoms. The van der Waals surface area contributed by atoms with Crippen LogP contribution in [0.25, 0.3) is 0 Å². The van der Waals surface area contributed by atoms with Crippen LogP contribution in [0.1, 0.15) is 17.7 Å². The highest BCUT2D eigenvalue weighted by Gasteiger charge is 2.42. The van der Waals surface area contributed by atoms with Crippen LogP contribution >= 0.6 is 11.3 Å². The minimum absolute atomic E-state index is 0.631. The van der Waals surface area contributed by atoms with Crippen molar-refractivity contribution in [1.29, 1.82) is 0 Å². The van der Waals surface area contributed by atoms with Crippen LogP contribution in [0.4, 0.5) is 0 Å². The largest absolute Gasteiger partial charge is 0.306 e. The minimum Gasteiger partial charge on any atom is -0.306 e. The molecule has 1 aromatic rings. The van der Waals surface area contributed by atoms with Crippen molar-refractivity contribution in [3.05, 3.63) is 22.4 Å². The van der Waals surface area contributed by atoms with Gasteiger partial charge in [0.25, 0.3) is 0 Å². The molecule has 0 aliphatic carbocycles. The summed E-state index contributed by atoms with van der Waals surface area (Å²) in [4.78, 5) is 6.66. The summed E-state index contributed by atoms with van der Waals surface area (Å²) in [6.45, 7) is 6.39. The number of nitrogens with zero attached hydrogens (tertiary/aromatic N) is 2. The van der Waals surface area contributed by atoms with Crippen molar-refractivity contribution in [2.45, 2.75) is 19.4 Å². The Bertz CT molecular complexity index is 349. The van der Waals surface area contributed by atoms with Gasteiger partial charge >= 0.3 is 0 Å². The van der Waals surface area contributed by atoms with E-state index in [0.717, 1.165) is 0 Å². The van der Waals surface area contributed by atoms with Crippen LogP contribution < -0.4 is 0 Å². The number of likely N-dealkylation sites (tertiary alicyclic amines) is 2. The number of rotatable bonds is 2. The Labute approximate surface area is 102 Å². The highest BCUT2D eigenvalue weighted by molar-refractivity contribution is 7.09. The Kier molecular flexibility index (Phi) is 2.78. The molecule has 0 amide bonds. The molecule has 3 heteroatoms. The first kappa shape index (κ1) is 10.8. The summed E-state index contributed by atoms with van der Waals surface area (Å²) in [6.07, 6.45) is 2.81. The van der Waals surface area contributed by atoms with Crippen LogP contribution in [0.5, 0.6) is 0 Å².